The predicted molar refractivity (Wildman–Crippen MR) is 103 cm³/mol. The van der Waals surface area contributed by atoms with Crippen molar-refractivity contribution in [3.63, 3.8) is 0 Å². The summed E-state index contributed by atoms with van der Waals surface area (Å²) in [5, 5.41) is 3.44. The molecular weight excluding hydrogens is 320 g/mol. The maximum Gasteiger partial charge on any atom is 0.253 e. The standard InChI is InChI=1S/C18H28N4OS/c1-18(2)13-22(10-11-24-18)17(19-3)20-12-14-6-8-15(9-7-14)16(23)21(4)5/h6-9H,10-13H2,1-5H3,(H,19,20). The molecule has 0 radical (unpaired) electrons. The van der Waals surface area contributed by atoms with Gasteiger partial charge in [0, 0.05) is 56.8 Å². The lowest BCUT2D eigenvalue weighted by Crippen LogP contribution is -2.50. The third-order valence-corrected chi connectivity index (χ3v) is 5.29. The van der Waals surface area contributed by atoms with Crippen molar-refractivity contribution in [2.75, 3.05) is 40.0 Å². The molecule has 0 saturated carbocycles. The second kappa shape index (κ2) is 7.92. The number of carbonyl (C=O) groups excluding carboxylic acids is 1. The molecule has 1 amide bonds. The lowest BCUT2D eigenvalue weighted by molar-refractivity contribution is 0.0827. The van der Waals surface area contributed by atoms with Crippen molar-refractivity contribution in [3.05, 3.63) is 35.4 Å². The van der Waals surface area contributed by atoms with Crippen molar-refractivity contribution >= 4 is 23.6 Å². The van der Waals surface area contributed by atoms with E-state index in [9.17, 15) is 4.79 Å². The molecule has 24 heavy (non-hydrogen) atoms. The lowest BCUT2D eigenvalue weighted by Gasteiger charge is -2.39. The molecule has 5 nitrogen and oxygen atoms in total. The van der Waals surface area contributed by atoms with Crippen LogP contribution in [0.2, 0.25) is 0 Å². The second-order valence-electron chi connectivity index (χ2n) is 6.83. The Bertz CT molecular complexity index is 596. The number of nitrogens with zero attached hydrogens (tertiary/aromatic N) is 3. The molecule has 132 valence electrons. The van der Waals surface area contributed by atoms with Crippen LogP contribution in [0.25, 0.3) is 0 Å². The summed E-state index contributed by atoms with van der Waals surface area (Å²) < 4.78 is 0.254. The monoisotopic (exact) mass is 348 g/mol. The molecule has 0 atom stereocenters. The zero-order valence-electron chi connectivity index (χ0n) is 15.3. The van der Waals surface area contributed by atoms with E-state index in [1.807, 2.05) is 43.1 Å². The fourth-order valence-electron chi connectivity index (χ4n) is 2.73. The number of amides is 1. The first-order chi connectivity index (χ1) is 11.3. The van der Waals surface area contributed by atoms with Gasteiger partial charge in [-0.15, -0.1) is 0 Å². The van der Waals surface area contributed by atoms with Gasteiger partial charge in [-0.2, -0.15) is 11.8 Å². The Labute approximate surface area is 149 Å². The first-order valence-electron chi connectivity index (χ1n) is 8.22. The Morgan fingerprint density at radius 3 is 2.54 bits per heavy atom. The second-order valence-corrected chi connectivity index (χ2v) is 8.63. The van der Waals surface area contributed by atoms with Crippen LogP contribution in [0, 0.1) is 0 Å². The van der Waals surface area contributed by atoms with Gasteiger partial charge in [0.25, 0.3) is 5.91 Å². The molecule has 1 heterocycles. The minimum atomic E-state index is 0.0263. The number of guanidine groups is 1. The van der Waals surface area contributed by atoms with E-state index in [0.717, 1.165) is 30.4 Å². The summed E-state index contributed by atoms with van der Waals surface area (Å²) in [7, 11) is 5.36. The summed E-state index contributed by atoms with van der Waals surface area (Å²) in [4.78, 5) is 20.2. The zero-order valence-corrected chi connectivity index (χ0v) is 16.1. The summed E-state index contributed by atoms with van der Waals surface area (Å²) in [5.41, 5.74) is 1.85. The molecule has 0 aromatic heterocycles. The SMILES string of the molecule is CN=C(NCc1ccc(C(=O)N(C)C)cc1)N1CCSC(C)(C)C1. The number of thioether (sulfide) groups is 1. The van der Waals surface area contributed by atoms with Crippen LogP contribution in [0.3, 0.4) is 0 Å². The fourth-order valence-corrected chi connectivity index (χ4v) is 3.85. The Hall–Kier alpha value is -1.69. The van der Waals surface area contributed by atoms with Gasteiger partial charge in [0.2, 0.25) is 0 Å². The minimum absolute atomic E-state index is 0.0263. The minimum Gasteiger partial charge on any atom is -0.352 e. The summed E-state index contributed by atoms with van der Waals surface area (Å²) in [6, 6.07) is 7.74. The van der Waals surface area contributed by atoms with E-state index < -0.39 is 0 Å². The van der Waals surface area contributed by atoms with Crippen molar-refractivity contribution in [2.45, 2.75) is 25.1 Å². The number of aliphatic imine (C=N–C) groups is 1. The van der Waals surface area contributed by atoms with Gasteiger partial charge in [-0.25, -0.2) is 0 Å². The fraction of sp³-hybridized carbons (Fsp3) is 0.556. The average Bonchev–Trinajstić information content (AvgIpc) is 2.54. The highest BCUT2D eigenvalue weighted by atomic mass is 32.2. The number of hydrogen-bond donors (Lipinski definition) is 1. The van der Waals surface area contributed by atoms with Crippen molar-refractivity contribution in [1.29, 1.82) is 0 Å². The Kier molecular flexibility index (Phi) is 6.15. The van der Waals surface area contributed by atoms with E-state index in [2.05, 4.69) is 29.1 Å². The molecule has 0 aliphatic carbocycles. The van der Waals surface area contributed by atoms with Gasteiger partial charge >= 0.3 is 0 Å². The summed E-state index contributed by atoms with van der Waals surface area (Å²) >= 11 is 2.01. The lowest BCUT2D eigenvalue weighted by atomic mass is 10.1. The van der Waals surface area contributed by atoms with Gasteiger partial charge in [0.15, 0.2) is 5.96 Å². The van der Waals surface area contributed by atoms with Crippen LogP contribution in [0.4, 0.5) is 0 Å². The van der Waals surface area contributed by atoms with Crippen LogP contribution in [0.15, 0.2) is 29.3 Å². The Balaban J connectivity index is 1.95. The zero-order chi connectivity index (χ0) is 17.7. The van der Waals surface area contributed by atoms with Gasteiger partial charge in [0.1, 0.15) is 0 Å². The molecular formula is C18H28N4OS. The van der Waals surface area contributed by atoms with Crippen molar-refractivity contribution in [2.24, 2.45) is 4.99 Å². The summed E-state index contributed by atoms with van der Waals surface area (Å²) in [6.07, 6.45) is 0. The van der Waals surface area contributed by atoms with E-state index in [0.29, 0.717) is 12.1 Å². The highest BCUT2D eigenvalue weighted by Gasteiger charge is 2.28. The molecule has 1 aromatic rings. The third kappa shape index (κ3) is 4.90. The molecule has 1 N–H and O–H groups in total. The van der Waals surface area contributed by atoms with E-state index >= 15 is 0 Å². The van der Waals surface area contributed by atoms with Gasteiger partial charge in [-0.3, -0.25) is 9.79 Å². The van der Waals surface area contributed by atoms with Gasteiger partial charge in [-0.05, 0) is 31.5 Å². The number of nitrogens with one attached hydrogen (secondary N) is 1. The molecule has 1 fully saturated rings. The number of benzene rings is 1. The number of rotatable bonds is 3. The molecule has 1 aliphatic rings. The largest absolute Gasteiger partial charge is 0.352 e. The predicted octanol–water partition coefficient (Wildman–Crippen LogP) is 2.29. The molecule has 1 aromatic carbocycles. The molecule has 0 spiro atoms. The number of hydrogen-bond acceptors (Lipinski definition) is 3. The molecule has 2 rings (SSSR count). The maximum atomic E-state index is 11.9. The molecule has 1 saturated heterocycles. The molecule has 0 bridgehead atoms. The van der Waals surface area contributed by atoms with Crippen molar-refractivity contribution < 1.29 is 4.79 Å². The van der Waals surface area contributed by atoms with Crippen LogP contribution in [-0.4, -0.2) is 66.4 Å². The molecule has 1 aliphatic heterocycles. The van der Waals surface area contributed by atoms with Crippen molar-refractivity contribution in [3.8, 4) is 0 Å². The van der Waals surface area contributed by atoms with Gasteiger partial charge in [-0.1, -0.05) is 12.1 Å². The highest BCUT2D eigenvalue weighted by Crippen LogP contribution is 2.29. The van der Waals surface area contributed by atoms with Gasteiger partial charge in [0.05, 0.1) is 0 Å². The highest BCUT2D eigenvalue weighted by molar-refractivity contribution is 8.00. The summed E-state index contributed by atoms with van der Waals surface area (Å²) in [6.45, 7) is 7.26. The van der Waals surface area contributed by atoms with E-state index in [4.69, 9.17) is 0 Å². The van der Waals surface area contributed by atoms with E-state index in [1.54, 1.807) is 19.0 Å². The van der Waals surface area contributed by atoms with Crippen LogP contribution < -0.4 is 5.32 Å². The van der Waals surface area contributed by atoms with Crippen LogP contribution in [0.1, 0.15) is 29.8 Å². The van der Waals surface area contributed by atoms with Crippen LogP contribution in [0.5, 0.6) is 0 Å². The van der Waals surface area contributed by atoms with Crippen LogP contribution in [-0.2, 0) is 6.54 Å². The van der Waals surface area contributed by atoms with E-state index in [1.165, 1.54) is 0 Å². The quantitative estimate of drug-likeness (QED) is 0.673. The molecule has 6 heteroatoms. The van der Waals surface area contributed by atoms with E-state index in [-0.39, 0.29) is 10.7 Å². The first kappa shape index (κ1) is 18.6. The number of carbonyl (C=O) groups is 1. The van der Waals surface area contributed by atoms with Crippen molar-refractivity contribution in [1.82, 2.24) is 15.1 Å². The molecule has 0 unspecified atom stereocenters. The Morgan fingerprint density at radius 1 is 1.33 bits per heavy atom. The smallest absolute Gasteiger partial charge is 0.253 e. The average molecular weight is 349 g/mol. The summed E-state index contributed by atoms with van der Waals surface area (Å²) in [5.74, 6) is 2.09. The maximum absolute atomic E-state index is 11.9. The first-order valence-corrected chi connectivity index (χ1v) is 9.21. The normalized spacial score (nSPS) is 17.5. The topological polar surface area (TPSA) is 47.9 Å². The van der Waals surface area contributed by atoms with Gasteiger partial charge < -0.3 is 15.1 Å². The van der Waals surface area contributed by atoms with Crippen LogP contribution >= 0.6 is 11.8 Å². The third-order valence-electron chi connectivity index (χ3n) is 3.99. The Morgan fingerprint density at radius 2 is 2.00 bits per heavy atom.